The standard InChI is InChI=1S/C13H24O/c1-4-5-6-12-11-7-8-13(3,14-12)9-10(11)2/h10-12H,4-9H2,1-3H3/t10-,11-,12-,13+/m1/s1. The molecule has 82 valence electrons. The first-order valence-corrected chi connectivity index (χ1v) is 6.32. The third kappa shape index (κ3) is 1.84. The van der Waals surface area contributed by atoms with Crippen LogP contribution in [-0.4, -0.2) is 11.7 Å². The fraction of sp³-hybridized carbons (Fsp3) is 1.00. The molecule has 0 unspecified atom stereocenters. The highest BCUT2D eigenvalue weighted by Gasteiger charge is 2.47. The summed E-state index contributed by atoms with van der Waals surface area (Å²) in [5.74, 6) is 1.76. The van der Waals surface area contributed by atoms with Crippen molar-refractivity contribution in [3.8, 4) is 0 Å². The second kappa shape index (κ2) is 3.84. The van der Waals surface area contributed by atoms with Crippen molar-refractivity contribution >= 4 is 0 Å². The quantitative estimate of drug-likeness (QED) is 0.667. The Morgan fingerprint density at radius 1 is 1.43 bits per heavy atom. The Morgan fingerprint density at radius 2 is 2.21 bits per heavy atom. The molecule has 3 rings (SSSR count). The van der Waals surface area contributed by atoms with Crippen molar-refractivity contribution in [3.63, 3.8) is 0 Å². The molecule has 1 aliphatic carbocycles. The van der Waals surface area contributed by atoms with Crippen LogP contribution in [0.15, 0.2) is 0 Å². The number of hydrogen-bond donors (Lipinski definition) is 0. The molecule has 1 heteroatoms. The van der Waals surface area contributed by atoms with Crippen molar-refractivity contribution in [1.82, 2.24) is 0 Å². The van der Waals surface area contributed by atoms with Gasteiger partial charge in [0.05, 0.1) is 11.7 Å². The number of rotatable bonds is 3. The molecular weight excluding hydrogens is 172 g/mol. The van der Waals surface area contributed by atoms with Crippen LogP contribution in [0.25, 0.3) is 0 Å². The number of hydrogen-bond acceptors (Lipinski definition) is 1. The van der Waals surface area contributed by atoms with Gasteiger partial charge in [0.1, 0.15) is 0 Å². The number of unbranched alkanes of at least 4 members (excludes halogenated alkanes) is 1. The summed E-state index contributed by atoms with van der Waals surface area (Å²) in [4.78, 5) is 0. The fourth-order valence-electron chi connectivity index (χ4n) is 3.48. The van der Waals surface area contributed by atoms with Crippen LogP contribution < -0.4 is 0 Å². The van der Waals surface area contributed by atoms with Crippen molar-refractivity contribution in [3.05, 3.63) is 0 Å². The van der Waals surface area contributed by atoms with Gasteiger partial charge in [-0.05, 0) is 44.4 Å². The summed E-state index contributed by atoms with van der Waals surface area (Å²) >= 11 is 0. The van der Waals surface area contributed by atoms with Crippen molar-refractivity contribution in [1.29, 1.82) is 0 Å². The van der Waals surface area contributed by atoms with E-state index >= 15 is 0 Å². The molecule has 3 fully saturated rings. The SMILES string of the molecule is CCCC[C@H]1O[C@@]2(C)CC[C@@H]1[C@H](C)C2. The number of fused-ring (bicyclic) bond motifs is 3. The van der Waals surface area contributed by atoms with Gasteiger partial charge in [0.25, 0.3) is 0 Å². The minimum atomic E-state index is 0.229. The molecule has 2 saturated heterocycles. The topological polar surface area (TPSA) is 9.23 Å². The van der Waals surface area contributed by atoms with Gasteiger partial charge in [-0.3, -0.25) is 0 Å². The van der Waals surface area contributed by atoms with Crippen LogP contribution in [0.3, 0.4) is 0 Å². The van der Waals surface area contributed by atoms with E-state index in [1.807, 2.05) is 0 Å². The van der Waals surface area contributed by atoms with Crippen molar-refractivity contribution in [2.24, 2.45) is 11.8 Å². The molecule has 4 atom stereocenters. The summed E-state index contributed by atoms with van der Waals surface area (Å²) in [7, 11) is 0. The van der Waals surface area contributed by atoms with Gasteiger partial charge in [-0.25, -0.2) is 0 Å². The molecule has 0 aromatic rings. The first kappa shape index (κ1) is 10.5. The summed E-state index contributed by atoms with van der Waals surface area (Å²) in [5, 5.41) is 0. The van der Waals surface area contributed by atoms with E-state index in [9.17, 15) is 0 Å². The molecule has 2 aliphatic heterocycles. The van der Waals surface area contributed by atoms with Gasteiger partial charge in [-0.15, -0.1) is 0 Å². The van der Waals surface area contributed by atoms with Gasteiger partial charge >= 0.3 is 0 Å². The maximum absolute atomic E-state index is 6.25. The van der Waals surface area contributed by atoms with Crippen molar-refractivity contribution in [2.45, 2.75) is 71.0 Å². The zero-order chi connectivity index (χ0) is 10.2. The smallest absolute Gasteiger partial charge is 0.0661 e. The molecule has 0 spiro atoms. The van der Waals surface area contributed by atoms with E-state index in [4.69, 9.17) is 4.74 Å². The third-order valence-corrected chi connectivity index (χ3v) is 4.25. The van der Waals surface area contributed by atoms with Gasteiger partial charge in [0.15, 0.2) is 0 Å². The normalized spacial score (nSPS) is 46.9. The van der Waals surface area contributed by atoms with Gasteiger partial charge < -0.3 is 4.74 Å². The van der Waals surface area contributed by atoms with Gasteiger partial charge in [-0.2, -0.15) is 0 Å². The predicted molar refractivity (Wildman–Crippen MR) is 59.3 cm³/mol. The zero-order valence-electron chi connectivity index (χ0n) is 9.88. The average molecular weight is 196 g/mol. The first-order valence-electron chi connectivity index (χ1n) is 6.32. The van der Waals surface area contributed by atoms with Crippen LogP contribution >= 0.6 is 0 Å². The van der Waals surface area contributed by atoms with Crippen molar-refractivity contribution < 1.29 is 4.74 Å². The largest absolute Gasteiger partial charge is 0.372 e. The molecule has 3 aliphatic rings. The van der Waals surface area contributed by atoms with Crippen LogP contribution in [0.4, 0.5) is 0 Å². The Morgan fingerprint density at radius 3 is 2.79 bits per heavy atom. The molecule has 1 nitrogen and oxygen atoms in total. The monoisotopic (exact) mass is 196 g/mol. The van der Waals surface area contributed by atoms with Gasteiger partial charge in [0.2, 0.25) is 0 Å². The maximum Gasteiger partial charge on any atom is 0.0661 e. The molecule has 0 aromatic heterocycles. The van der Waals surface area contributed by atoms with E-state index in [1.165, 1.54) is 38.5 Å². The Kier molecular flexibility index (Phi) is 2.88. The van der Waals surface area contributed by atoms with E-state index < -0.39 is 0 Å². The molecular formula is C13H24O. The molecule has 0 aromatic carbocycles. The highest BCUT2D eigenvalue weighted by molar-refractivity contribution is 4.96. The Labute approximate surface area is 88.2 Å². The van der Waals surface area contributed by atoms with Crippen LogP contribution in [0, 0.1) is 11.8 Å². The molecule has 2 heterocycles. The lowest BCUT2D eigenvalue weighted by molar-refractivity contribution is -0.205. The second-order valence-corrected chi connectivity index (χ2v) is 5.63. The third-order valence-electron chi connectivity index (χ3n) is 4.25. The van der Waals surface area contributed by atoms with Crippen LogP contribution in [0.2, 0.25) is 0 Å². The average Bonchev–Trinajstić information content (AvgIpc) is 2.13. The molecule has 0 amide bonds. The van der Waals surface area contributed by atoms with Crippen molar-refractivity contribution in [2.75, 3.05) is 0 Å². The predicted octanol–water partition coefficient (Wildman–Crippen LogP) is 3.77. The lowest BCUT2D eigenvalue weighted by Gasteiger charge is -2.52. The maximum atomic E-state index is 6.25. The Bertz CT molecular complexity index is 201. The van der Waals surface area contributed by atoms with E-state index in [0.717, 1.165) is 11.8 Å². The lowest BCUT2D eigenvalue weighted by atomic mass is 9.67. The highest BCUT2D eigenvalue weighted by atomic mass is 16.5. The molecule has 2 bridgehead atoms. The molecule has 0 N–H and O–H groups in total. The number of ether oxygens (including phenoxy) is 1. The van der Waals surface area contributed by atoms with Gasteiger partial charge in [-0.1, -0.05) is 26.7 Å². The Hall–Kier alpha value is -0.0400. The summed E-state index contributed by atoms with van der Waals surface area (Å²) in [6, 6.07) is 0. The van der Waals surface area contributed by atoms with Crippen LogP contribution in [0.5, 0.6) is 0 Å². The molecule has 14 heavy (non-hydrogen) atoms. The minimum Gasteiger partial charge on any atom is -0.372 e. The summed E-state index contributed by atoms with van der Waals surface area (Å²) in [6.45, 7) is 7.01. The van der Waals surface area contributed by atoms with Gasteiger partial charge in [0, 0.05) is 0 Å². The zero-order valence-corrected chi connectivity index (χ0v) is 9.88. The van der Waals surface area contributed by atoms with E-state index in [0.29, 0.717) is 6.10 Å². The van der Waals surface area contributed by atoms with Crippen LogP contribution in [0.1, 0.15) is 59.3 Å². The van der Waals surface area contributed by atoms with Crippen LogP contribution in [-0.2, 0) is 4.74 Å². The first-order chi connectivity index (χ1) is 6.64. The minimum absolute atomic E-state index is 0.229. The molecule has 0 radical (unpaired) electrons. The van der Waals surface area contributed by atoms with E-state index in [2.05, 4.69) is 20.8 Å². The highest BCUT2D eigenvalue weighted by Crippen LogP contribution is 2.48. The summed E-state index contributed by atoms with van der Waals surface area (Å²) in [6.07, 6.45) is 8.51. The summed E-state index contributed by atoms with van der Waals surface area (Å²) in [5.41, 5.74) is 0.229. The Balaban J connectivity index is 1.99. The van der Waals surface area contributed by atoms with E-state index in [-0.39, 0.29) is 5.60 Å². The summed E-state index contributed by atoms with van der Waals surface area (Å²) < 4.78 is 6.25. The van der Waals surface area contributed by atoms with E-state index in [1.54, 1.807) is 0 Å². The lowest BCUT2D eigenvalue weighted by Crippen LogP contribution is -2.52. The molecule has 1 saturated carbocycles. The fourth-order valence-corrected chi connectivity index (χ4v) is 3.48. The second-order valence-electron chi connectivity index (χ2n) is 5.63.